The highest BCUT2D eigenvalue weighted by molar-refractivity contribution is 6.10. The molecule has 8 nitrogen and oxygen atoms in total. The van der Waals surface area contributed by atoms with Gasteiger partial charge in [-0.25, -0.2) is 9.78 Å². The van der Waals surface area contributed by atoms with Gasteiger partial charge in [0.05, 0.1) is 11.9 Å². The lowest BCUT2D eigenvalue weighted by atomic mass is 9.87. The van der Waals surface area contributed by atoms with Crippen molar-refractivity contribution in [3.8, 4) is 0 Å². The molecule has 2 aliphatic heterocycles. The molecule has 1 aromatic heterocycles. The topological polar surface area (TPSA) is 94.6 Å². The number of amides is 4. The van der Waals surface area contributed by atoms with E-state index in [2.05, 4.69) is 20.5 Å². The Kier molecular flexibility index (Phi) is 5.39. The van der Waals surface area contributed by atoms with E-state index in [1.807, 2.05) is 31.2 Å². The quantitative estimate of drug-likeness (QED) is 0.718. The van der Waals surface area contributed by atoms with Crippen LogP contribution < -0.4 is 15.5 Å². The number of pyridine rings is 1. The largest absolute Gasteiger partial charge is 0.357 e. The lowest BCUT2D eigenvalue weighted by Crippen LogP contribution is -2.44. The minimum absolute atomic E-state index is 0.354. The SMILES string of the molecule is CCC1(c2ccccc2)NC(=O)N(CC(=O)Nc2ccc(N3CCCC3)nc2)C1=O. The van der Waals surface area contributed by atoms with Gasteiger partial charge in [0.15, 0.2) is 0 Å². The summed E-state index contributed by atoms with van der Waals surface area (Å²) >= 11 is 0. The Bertz CT molecular complexity index is 941. The van der Waals surface area contributed by atoms with Crippen LogP contribution in [0, 0.1) is 0 Å². The zero-order valence-corrected chi connectivity index (χ0v) is 16.9. The summed E-state index contributed by atoms with van der Waals surface area (Å²) < 4.78 is 0. The van der Waals surface area contributed by atoms with Crippen molar-refractivity contribution in [3.05, 3.63) is 54.2 Å². The molecule has 0 aliphatic carbocycles. The summed E-state index contributed by atoms with van der Waals surface area (Å²) in [5.41, 5.74) is 0.0904. The zero-order valence-electron chi connectivity index (χ0n) is 16.9. The van der Waals surface area contributed by atoms with E-state index in [4.69, 9.17) is 0 Å². The summed E-state index contributed by atoms with van der Waals surface area (Å²) in [5.74, 6) is 0.0169. The van der Waals surface area contributed by atoms with E-state index >= 15 is 0 Å². The number of aromatic nitrogens is 1. The van der Waals surface area contributed by atoms with Gasteiger partial charge in [0.1, 0.15) is 17.9 Å². The van der Waals surface area contributed by atoms with E-state index in [1.165, 1.54) is 0 Å². The maximum absolute atomic E-state index is 13.1. The minimum atomic E-state index is -1.14. The molecule has 1 unspecified atom stereocenters. The van der Waals surface area contributed by atoms with Crippen LogP contribution in [0.25, 0.3) is 0 Å². The summed E-state index contributed by atoms with van der Waals surface area (Å²) in [6.45, 7) is 3.46. The first-order valence-electron chi connectivity index (χ1n) is 10.2. The number of anilines is 2. The monoisotopic (exact) mass is 407 g/mol. The van der Waals surface area contributed by atoms with Crippen LogP contribution in [-0.4, -0.2) is 47.4 Å². The zero-order chi connectivity index (χ0) is 21.1. The van der Waals surface area contributed by atoms with Gasteiger partial charge in [-0.3, -0.25) is 14.5 Å². The second-order valence-electron chi connectivity index (χ2n) is 7.59. The Morgan fingerprint density at radius 1 is 1.13 bits per heavy atom. The summed E-state index contributed by atoms with van der Waals surface area (Å²) in [6.07, 6.45) is 4.31. The highest BCUT2D eigenvalue weighted by Crippen LogP contribution is 2.32. The predicted octanol–water partition coefficient (Wildman–Crippen LogP) is 2.48. The van der Waals surface area contributed by atoms with Crippen molar-refractivity contribution in [2.75, 3.05) is 29.9 Å². The number of hydrogen-bond donors (Lipinski definition) is 2. The Labute approximate surface area is 175 Å². The van der Waals surface area contributed by atoms with Gasteiger partial charge in [0.2, 0.25) is 5.91 Å². The third-order valence-electron chi connectivity index (χ3n) is 5.74. The number of urea groups is 1. The van der Waals surface area contributed by atoms with Gasteiger partial charge in [-0.1, -0.05) is 37.3 Å². The van der Waals surface area contributed by atoms with E-state index in [0.29, 0.717) is 17.7 Å². The van der Waals surface area contributed by atoms with Crippen molar-refractivity contribution >= 4 is 29.4 Å². The van der Waals surface area contributed by atoms with E-state index in [1.54, 1.807) is 24.4 Å². The fourth-order valence-electron chi connectivity index (χ4n) is 4.07. The maximum Gasteiger partial charge on any atom is 0.325 e. The molecule has 2 fully saturated rings. The number of carbonyl (C=O) groups is 3. The number of nitrogens with one attached hydrogen (secondary N) is 2. The van der Waals surface area contributed by atoms with Crippen LogP contribution in [0.1, 0.15) is 31.7 Å². The van der Waals surface area contributed by atoms with Crippen molar-refractivity contribution in [1.29, 1.82) is 0 Å². The first kappa shape index (κ1) is 19.9. The molecule has 2 N–H and O–H groups in total. The van der Waals surface area contributed by atoms with Crippen molar-refractivity contribution in [1.82, 2.24) is 15.2 Å². The minimum Gasteiger partial charge on any atom is -0.357 e. The first-order chi connectivity index (χ1) is 14.5. The highest BCUT2D eigenvalue weighted by atomic mass is 16.2. The summed E-state index contributed by atoms with van der Waals surface area (Å²) in [5, 5.41) is 5.50. The second-order valence-corrected chi connectivity index (χ2v) is 7.59. The standard InChI is InChI=1S/C22H25N5O3/c1-2-22(16-8-4-3-5-9-16)20(29)27(21(30)25-22)15-19(28)24-17-10-11-18(23-14-17)26-12-6-7-13-26/h3-5,8-11,14H,2,6-7,12-13,15H2,1H3,(H,24,28)(H,25,30). The van der Waals surface area contributed by atoms with Gasteiger partial charge in [0.25, 0.3) is 5.91 Å². The fourth-order valence-corrected chi connectivity index (χ4v) is 4.07. The molecule has 4 amide bonds. The molecule has 1 aromatic carbocycles. The van der Waals surface area contributed by atoms with Crippen LogP contribution in [-0.2, 0) is 15.1 Å². The van der Waals surface area contributed by atoms with Gasteiger partial charge in [-0.15, -0.1) is 0 Å². The predicted molar refractivity (Wildman–Crippen MR) is 113 cm³/mol. The van der Waals surface area contributed by atoms with Crippen LogP contribution >= 0.6 is 0 Å². The lowest BCUT2D eigenvalue weighted by Gasteiger charge is -2.25. The van der Waals surface area contributed by atoms with Gasteiger partial charge in [-0.2, -0.15) is 0 Å². The van der Waals surface area contributed by atoms with Crippen molar-refractivity contribution < 1.29 is 14.4 Å². The van der Waals surface area contributed by atoms with Gasteiger partial charge >= 0.3 is 6.03 Å². The Morgan fingerprint density at radius 3 is 2.50 bits per heavy atom. The Balaban J connectivity index is 1.43. The Hall–Kier alpha value is -3.42. The third-order valence-corrected chi connectivity index (χ3v) is 5.74. The van der Waals surface area contributed by atoms with Crippen LogP contribution in [0.15, 0.2) is 48.7 Å². The molecule has 4 rings (SSSR count). The van der Waals surface area contributed by atoms with E-state index in [-0.39, 0.29) is 6.54 Å². The fraction of sp³-hybridized carbons (Fsp3) is 0.364. The summed E-state index contributed by atoms with van der Waals surface area (Å²) in [7, 11) is 0. The molecule has 2 saturated heterocycles. The number of imide groups is 1. The molecule has 2 aromatic rings. The van der Waals surface area contributed by atoms with Crippen molar-refractivity contribution in [2.24, 2.45) is 0 Å². The summed E-state index contributed by atoms with van der Waals surface area (Å²) in [6, 6.07) is 12.2. The molecule has 156 valence electrons. The van der Waals surface area contributed by atoms with Crippen molar-refractivity contribution in [2.45, 2.75) is 31.7 Å². The molecular formula is C22H25N5O3. The van der Waals surface area contributed by atoms with Crippen LogP contribution in [0.3, 0.4) is 0 Å². The normalized spacial score (nSPS) is 21.1. The molecule has 0 spiro atoms. The molecule has 1 atom stereocenters. The van der Waals surface area contributed by atoms with E-state index in [0.717, 1.165) is 36.6 Å². The van der Waals surface area contributed by atoms with E-state index < -0.39 is 23.4 Å². The average molecular weight is 407 g/mol. The number of benzene rings is 1. The van der Waals surface area contributed by atoms with Crippen LogP contribution in [0.2, 0.25) is 0 Å². The molecule has 30 heavy (non-hydrogen) atoms. The van der Waals surface area contributed by atoms with Crippen LogP contribution in [0.4, 0.5) is 16.3 Å². The third kappa shape index (κ3) is 3.60. The second kappa shape index (κ2) is 8.14. The smallest absolute Gasteiger partial charge is 0.325 e. The van der Waals surface area contributed by atoms with Gasteiger partial charge < -0.3 is 15.5 Å². The molecule has 0 radical (unpaired) electrons. The number of carbonyl (C=O) groups excluding carboxylic acids is 3. The lowest BCUT2D eigenvalue weighted by molar-refractivity contribution is -0.134. The number of hydrogen-bond acceptors (Lipinski definition) is 5. The molecule has 8 heteroatoms. The first-order valence-corrected chi connectivity index (χ1v) is 10.2. The van der Waals surface area contributed by atoms with Crippen LogP contribution in [0.5, 0.6) is 0 Å². The number of nitrogens with zero attached hydrogens (tertiary/aromatic N) is 3. The van der Waals surface area contributed by atoms with Gasteiger partial charge in [0, 0.05) is 13.1 Å². The molecule has 2 aliphatic rings. The average Bonchev–Trinajstić information content (AvgIpc) is 3.38. The Morgan fingerprint density at radius 2 is 1.87 bits per heavy atom. The van der Waals surface area contributed by atoms with Crippen molar-refractivity contribution in [3.63, 3.8) is 0 Å². The number of rotatable bonds is 6. The van der Waals surface area contributed by atoms with Gasteiger partial charge in [-0.05, 0) is 37.0 Å². The molecule has 0 bridgehead atoms. The van der Waals surface area contributed by atoms with E-state index in [9.17, 15) is 14.4 Å². The highest BCUT2D eigenvalue weighted by Gasteiger charge is 2.51. The summed E-state index contributed by atoms with van der Waals surface area (Å²) in [4.78, 5) is 45.7. The molecule has 0 saturated carbocycles. The molecule has 3 heterocycles. The maximum atomic E-state index is 13.1. The molecular weight excluding hydrogens is 382 g/mol.